The average Bonchev–Trinajstić information content (AvgIpc) is 2.38. The Balaban J connectivity index is 0. The molecule has 0 aliphatic rings. The molecule has 0 aromatic rings. The smallest absolute Gasteiger partial charge is 0.306 e. The van der Waals surface area contributed by atoms with Gasteiger partial charge in [-0.05, 0) is 69.7 Å². The van der Waals surface area contributed by atoms with Gasteiger partial charge in [-0.15, -0.1) is 0 Å². The second-order valence-corrected chi connectivity index (χ2v) is 9.68. The van der Waals surface area contributed by atoms with Gasteiger partial charge in [-0.3, -0.25) is 10.3 Å². The van der Waals surface area contributed by atoms with Crippen molar-refractivity contribution in [3.05, 3.63) is 0 Å². The molecule has 27 heavy (non-hydrogen) atoms. The van der Waals surface area contributed by atoms with Crippen LogP contribution in [0.1, 0.15) is 55.4 Å². The molecule has 0 fully saturated rings. The third kappa shape index (κ3) is 12.5. The summed E-state index contributed by atoms with van der Waals surface area (Å²) in [5, 5.41) is 6.05. The van der Waals surface area contributed by atoms with Gasteiger partial charge in [-0.2, -0.15) is 0 Å². The summed E-state index contributed by atoms with van der Waals surface area (Å²) < 4.78 is 2.38. The van der Waals surface area contributed by atoms with E-state index in [2.05, 4.69) is 113 Å². The summed E-state index contributed by atoms with van der Waals surface area (Å²) in [7, 11) is 8.45. The molecule has 0 rings (SSSR count). The zero-order valence-corrected chi connectivity index (χ0v) is 20.6. The molecule has 0 bridgehead atoms. The number of rotatable bonds is 7. The molecule has 154 valence electrons. The van der Waals surface area contributed by atoms with Crippen LogP contribution in [0.5, 0.6) is 0 Å². The minimum absolute atomic E-state index is 0. The van der Waals surface area contributed by atoms with Crippen molar-refractivity contribution in [1.82, 2.24) is 20.1 Å². The maximum absolute atomic E-state index is 3.66. The number of likely N-dealkylation sites (N-methyl/N-ethyl adjacent to an activating group) is 2. The van der Waals surface area contributed by atoms with Gasteiger partial charge in [0, 0.05) is 26.9 Å². The Morgan fingerprint density at radius 1 is 0.889 bits per heavy atom. The monoisotopic (exact) mass is 377 g/mol. The standard InChI is InChI=1S/C20H44N6.Li/c1-17(21-13-14-23(9)10)26(20(6,7)8)25(16-15-24(11)12)18(2)22-19(3,4)5;/h13-16H2,1-12H3;/q;+1/p+2. The molecule has 0 spiro atoms. The fraction of sp³-hybridized carbons (Fsp3) is 0.900. The molecule has 0 radical (unpaired) electrons. The van der Waals surface area contributed by atoms with Crippen molar-refractivity contribution < 1.29 is 28.5 Å². The Bertz CT molecular complexity index is 484. The number of nitrogens with one attached hydrogen (secondary N) is 2. The second kappa shape index (κ2) is 12.1. The molecule has 0 amide bonds. The van der Waals surface area contributed by atoms with Gasteiger partial charge in [0.1, 0.15) is 12.1 Å². The minimum atomic E-state index is -0.0393. The van der Waals surface area contributed by atoms with E-state index >= 15 is 0 Å². The Morgan fingerprint density at radius 2 is 1.37 bits per heavy atom. The predicted molar refractivity (Wildman–Crippen MR) is 114 cm³/mol. The second-order valence-electron chi connectivity index (χ2n) is 9.68. The van der Waals surface area contributed by atoms with E-state index in [1.54, 1.807) is 0 Å². The maximum atomic E-state index is 3.66. The molecule has 0 aliphatic heterocycles. The van der Waals surface area contributed by atoms with E-state index in [4.69, 9.17) is 0 Å². The largest absolute Gasteiger partial charge is 1.00 e. The third-order valence-corrected chi connectivity index (χ3v) is 3.84. The average molecular weight is 378 g/mol. The van der Waals surface area contributed by atoms with Gasteiger partial charge in [0.2, 0.25) is 0 Å². The van der Waals surface area contributed by atoms with Crippen molar-refractivity contribution in [3.63, 3.8) is 0 Å². The quantitative estimate of drug-likeness (QED) is 0.168. The molecule has 0 aromatic heterocycles. The zero-order valence-electron chi connectivity index (χ0n) is 20.6. The zero-order chi connectivity index (χ0) is 20.7. The minimum Gasteiger partial charge on any atom is -0.306 e. The molecule has 0 heterocycles. The van der Waals surface area contributed by atoms with Gasteiger partial charge >= 0.3 is 18.9 Å². The molecule has 0 saturated carbocycles. The molecular weight excluding hydrogens is 331 g/mol. The molecule has 0 unspecified atom stereocenters. The maximum Gasteiger partial charge on any atom is 1.00 e. The summed E-state index contributed by atoms with van der Waals surface area (Å²) in [6.07, 6.45) is 0. The Morgan fingerprint density at radius 3 is 1.74 bits per heavy atom. The van der Waals surface area contributed by atoms with Crippen molar-refractivity contribution in [3.8, 4) is 0 Å². The van der Waals surface area contributed by atoms with Crippen molar-refractivity contribution in [1.29, 1.82) is 0 Å². The third-order valence-electron chi connectivity index (χ3n) is 3.84. The SMILES string of the molecule is CC(=[NH+]CCN(C)C)N(/[N+](CCN(C)C)=C(/C)NC(C)(C)C)C(C)(C)C.[Li+]. The van der Waals surface area contributed by atoms with Crippen LogP contribution < -0.4 is 29.2 Å². The first-order valence-electron chi connectivity index (χ1n) is 9.71. The first-order chi connectivity index (χ1) is 11.6. The van der Waals surface area contributed by atoms with Crippen molar-refractivity contribution in [2.24, 2.45) is 0 Å². The van der Waals surface area contributed by atoms with Crippen LogP contribution in [0.25, 0.3) is 0 Å². The van der Waals surface area contributed by atoms with E-state index < -0.39 is 0 Å². The van der Waals surface area contributed by atoms with Crippen LogP contribution >= 0.6 is 0 Å². The Labute approximate surface area is 181 Å². The molecule has 0 atom stereocenters. The van der Waals surface area contributed by atoms with Crippen molar-refractivity contribution >= 4 is 11.7 Å². The molecule has 2 N–H and O–H groups in total. The summed E-state index contributed by atoms with van der Waals surface area (Å²) in [6.45, 7) is 21.6. The fourth-order valence-electron chi connectivity index (χ4n) is 2.90. The van der Waals surface area contributed by atoms with Crippen LogP contribution in [0.4, 0.5) is 0 Å². The van der Waals surface area contributed by atoms with E-state index in [0.29, 0.717) is 0 Å². The molecule has 0 aromatic carbocycles. The first-order valence-corrected chi connectivity index (χ1v) is 9.71. The number of hydrogen-bond acceptors (Lipinski definition) is 2. The van der Waals surface area contributed by atoms with Crippen LogP contribution in [0, 0.1) is 0 Å². The Kier molecular flexibility index (Phi) is 12.9. The van der Waals surface area contributed by atoms with Crippen LogP contribution in [-0.2, 0) is 0 Å². The van der Waals surface area contributed by atoms with E-state index in [1.807, 2.05) is 0 Å². The molecule has 6 nitrogen and oxygen atoms in total. The molecule has 0 aliphatic carbocycles. The van der Waals surface area contributed by atoms with Gasteiger partial charge < -0.3 is 9.80 Å². The predicted octanol–water partition coefficient (Wildman–Crippen LogP) is -2.55. The van der Waals surface area contributed by atoms with Crippen LogP contribution in [-0.4, -0.2) is 96.6 Å². The van der Waals surface area contributed by atoms with Gasteiger partial charge in [0.05, 0.1) is 12.1 Å². The fourth-order valence-corrected chi connectivity index (χ4v) is 2.90. The van der Waals surface area contributed by atoms with E-state index in [9.17, 15) is 0 Å². The number of hydrazine groups is 1. The Hall–Kier alpha value is -0.543. The number of hydrazone groups is 1. The van der Waals surface area contributed by atoms with Crippen LogP contribution in [0.3, 0.4) is 0 Å². The van der Waals surface area contributed by atoms with E-state index in [-0.39, 0.29) is 29.9 Å². The number of hydrogen-bond donors (Lipinski definition) is 2. The topological polar surface area (TPSA) is 38.7 Å². The number of nitrogens with zero attached hydrogens (tertiary/aromatic N) is 4. The summed E-state index contributed by atoms with van der Waals surface area (Å²) in [6, 6.07) is 0. The summed E-state index contributed by atoms with van der Waals surface area (Å²) in [4.78, 5) is 8.04. The van der Waals surface area contributed by atoms with Gasteiger partial charge in [-0.1, -0.05) is 9.69 Å². The van der Waals surface area contributed by atoms with Crippen molar-refractivity contribution in [2.45, 2.75) is 66.5 Å². The van der Waals surface area contributed by atoms with E-state index in [1.165, 1.54) is 11.7 Å². The van der Waals surface area contributed by atoms with Crippen molar-refractivity contribution in [2.75, 3.05) is 54.4 Å². The normalized spacial score (nSPS) is 14.2. The molecule has 0 saturated heterocycles. The van der Waals surface area contributed by atoms with Gasteiger partial charge in [0.25, 0.3) is 11.7 Å². The molecular formula is C20H46LiN6+3. The van der Waals surface area contributed by atoms with E-state index in [0.717, 1.165) is 26.2 Å². The summed E-state index contributed by atoms with van der Waals surface area (Å²) in [5.41, 5.74) is -0.0153. The van der Waals surface area contributed by atoms with Crippen LogP contribution in [0.15, 0.2) is 0 Å². The summed E-state index contributed by atoms with van der Waals surface area (Å²) >= 11 is 0. The number of amidine groups is 2. The summed E-state index contributed by atoms with van der Waals surface area (Å²) in [5.74, 6) is 2.34. The first kappa shape index (κ1) is 28.7. The van der Waals surface area contributed by atoms with Crippen LogP contribution in [0.2, 0.25) is 0 Å². The molecule has 7 heteroatoms. The van der Waals surface area contributed by atoms with Gasteiger partial charge in [0.15, 0.2) is 0 Å². The van der Waals surface area contributed by atoms with Gasteiger partial charge in [-0.25, -0.2) is 0 Å².